The number of halogens is 1. The van der Waals surface area contributed by atoms with Crippen LogP contribution in [0.2, 0.25) is 5.02 Å². The summed E-state index contributed by atoms with van der Waals surface area (Å²) in [7, 11) is 0. The molecule has 0 radical (unpaired) electrons. The Morgan fingerprint density at radius 3 is 2.31 bits per heavy atom. The molecular formula is C47H51ClN8O6S2. The quantitative estimate of drug-likeness (QED) is 0.0674. The highest BCUT2D eigenvalue weighted by atomic mass is 35.5. The minimum absolute atomic E-state index is 0. The first-order valence-corrected chi connectivity index (χ1v) is 22.1. The van der Waals surface area contributed by atoms with Crippen molar-refractivity contribution in [3.8, 4) is 21.9 Å². The zero-order valence-electron chi connectivity index (χ0n) is 36.1. The smallest absolute Gasteiger partial charge is 0.228 e. The Labute approximate surface area is 388 Å². The molecule has 0 spiro atoms. The van der Waals surface area contributed by atoms with Gasteiger partial charge in [-0.05, 0) is 105 Å². The number of aromatic nitrogens is 4. The van der Waals surface area contributed by atoms with Gasteiger partial charge in [0.2, 0.25) is 11.8 Å². The van der Waals surface area contributed by atoms with Crippen LogP contribution in [0.5, 0.6) is 5.75 Å². The number of rotatable bonds is 19. The number of aliphatic imine (C=N–C) groups is 1. The van der Waals surface area contributed by atoms with Crippen LogP contribution < -0.4 is 20.7 Å². The number of anilines is 3. The van der Waals surface area contributed by atoms with Gasteiger partial charge >= 0.3 is 0 Å². The van der Waals surface area contributed by atoms with E-state index in [0.29, 0.717) is 81.5 Å². The van der Waals surface area contributed by atoms with Gasteiger partial charge in [-0.25, -0.2) is 4.98 Å². The Bertz CT molecular complexity index is 2630. The van der Waals surface area contributed by atoms with Gasteiger partial charge in [0.25, 0.3) is 0 Å². The van der Waals surface area contributed by atoms with Crippen molar-refractivity contribution in [3.63, 3.8) is 0 Å². The van der Waals surface area contributed by atoms with Crippen LogP contribution in [0.1, 0.15) is 56.8 Å². The molecule has 334 valence electrons. The molecule has 0 saturated heterocycles. The van der Waals surface area contributed by atoms with Gasteiger partial charge in [0.1, 0.15) is 35.0 Å². The Morgan fingerprint density at radius 2 is 1.58 bits per heavy atom. The zero-order chi connectivity index (χ0) is 43.9. The van der Waals surface area contributed by atoms with Gasteiger partial charge in [-0.3, -0.25) is 19.1 Å². The van der Waals surface area contributed by atoms with E-state index < -0.39 is 6.04 Å². The second-order valence-corrected chi connectivity index (χ2v) is 16.9. The minimum atomic E-state index is -0.569. The lowest BCUT2D eigenvalue weighted by Crippen LogP contribution is -2.17. The summed E-state index contributed by atoms with van der Waals surface area (Å²) in [6, 6.07) is 22.3. The molecule has 3 aromatic heterocycles. The Hall–Kier alpha value is -5.62. The fraction of sp³-hybridized carbons (Fsp3) is 0.319. The molecule has 2 amide bonds. The summed E-state index contributed by atoms with van der Waals surface area (Å²) < 4.78 is 24.9. The van der Waals surface area contributed by atoms with Crippen LogP contribution in [-0.2, 0) is 30.2 Å². The third-order valence-electron chi connectivity index (χ3n) is 10.8. The number of pyridine rings is 1. The number of aryl methyl sites for hydroxylation is 3. The fourth-order valence-electron chi connectivity index (χ4n) is 7.52. The highest BCUT2D eigenvalue weighted by Crippen LogP contribution is 2.40. The van der Waals surface area contributed by atoms with Crippen LogP contribution in [0.4, 0.5) is 17.2 Å². The molecule has 5 heterocycles. The van der Waals surface area contributed by atoms with Crippen molar-refractivity contribution >= 4 is 71.2 Å². The van der Waals surface area contributed by atoms with Gasteiger partial charge < -0.3 is 34.9 Å². The van der Waals surface area contributed by atoms with Crippen LogP contribution in [0.15, 0.2) is 84.0 Å². The van der Waals surface area contributed by atoms with Gasteiger partial charge in [0, 0.05) is 50.7 Å². The van der Waals surface area contributed by atoms with Gasteiger partial charge in [0.15, 0.2) is 5.82 Å². The lowest BCUT2D eigenvalue weighted by Gasteiger charge is -2.13. The van der Waals surface area contributed by atoms with E-state index in [9.17, 15) is 9.59 Å². The van der Waals surface area contributed by atoms with E-state index in [1.807, 2.05) is 72.3 Å². The maximum Gasteiger partial charge on any atom is 0.228 e. The standard InChI is InChI=1S/C47H49ClN8O6S.H2S/c1-28-23-41(50-27-38(28)33-7-14-39-34(24-33)25-42(57)52-39)49-15-16-59-17-18-60-19-20-61-21-22-62-37-12-10-36(11-13-37)51-43(58)26-40-46-55-54-31(4)56(46)47-44(29(2)30(3)63-47)45(53-40)32-5-8-35(48)9-6-32;/h5-14,23-24,27,40H,15-22,25-26H2,1-4H3,(H,49,50)(H,51,58)(H,52,57);1H2/t40-;/m0./s1. The molecule has 64 heavy (non-hydrogen) atoms. The summed E-state index contributed by atoms with van der Waals surface area (Å²) in [5, 5.41) is 19.7. The number of ether oxygens (including phenoxy) is 4. The Morgan fingerprint density at radius 1 is 0.875 bits per heavy atom. The normalized spacial score (nSPS) is 13.8. The first kappa shape index (κ1) is 46.4. The molecule has 3 N–H and O–H groups in total. The molecular weight excluding hydrogens is 872 g/mol. The van der Waals surface area contributed by atoms with Crippen molar-refractivity contribution in [1.29, 1.82) is 0 Å². The van der Waals surface area contributed by atoms with Gasteiger partial charge in [-0.2, -0.15) is 13.5 Å². The molecule has 6 aromatic rings. The zero-order valence-corrected chi connectivity index (χ0v) is 38.7. The SMILES string of the molecule is Cc1cc(NCCOCCOCCOCCOc2ccc(NC(=O)C[C@@H]3N=C(c4ccc(Cl)cc4)c4c(sc(C)c4C)-n4c(C)nnc43)cc2)ncc1-c1ccc2c(c1)CC(=O)N2.S. The monoisotopic (exact) mass is 922 g/mol. The number of carbonyl (C=O) groups excluding carboxylic acids is 2. The molecule has 0 fully saturated rings. The number of carbonyl (C=O) groups is 2. The van der Waals surface area contributed by atoms with E-state index in [-0.39, 0.29) is 31.7 Å². The fourth-order valence-corrected chi connectivity index (χ4v) is 8.86. The number of nitrogens with one attached hydrogen (secondary N) is 3. The molecule has 17 heteroatoms. The second-order valence-electron chi connectivity index (χ2n) is 15.3. The summed E-state index contributed by atoms with van der Waals surface area (Å²) in [6.45, 7) is 11.9. The van der Waals surface area contributed by atoms with Crippen molar-refractivity contribution in [1.82, 2.24) is 19.7 Å². The largest absolute Gasteiger partial charge is 0.491 e. The average molecular weight is 924 g/mol. The highest BCUT2D eigenvalue weighted by Gasteiger charge is 2.32. The van der Waals surface area contributed by atoms with Gasteiger partial charge in [0.05, 0.1) is 58.2 Å². The predicted octanol–water partition coefficient (Wildman–Crippen LogP) is 8.35. The van der Waals surface area contributed by atoms with Crippen LogP contribution in [0.3, 0.4) is 0 Å². The van der Waals surface area contributed by atoms with Crippen LogP contribution in [0.25, 0.3) is 16.1 Å². The predicted molar refractivity (Wildman–Crippen MR) is 257 cm³/mol. The topological polar surface area (TPSA) is 163 Å². The van der Waals surface area contributed by atoms with E-state index in [2.05, 4.69) is 58.0 Å². The molecule has 0 saturated carbocycles. The number of hydrogen-bond acceptors (Lipinski definition) is 12. The highest BCUT2D eigenvalue weighted by molar-refractivity contribution is 7.59. The summed E-state index contributed by atoms with van der Waals surface area (Å²) in [6.07, 6.45) is 2.34. The second kappa shape index (κ2) is 21.4. The van der Waals surface area contributed by atoms with Crippen LogP contribution in [0, 0.1) is 27.7 Å². The summed E-state index contributed by atoms with van der Waals surface area (Å²) in [4.78, 5) is 36.2. The molecule has 3 aromatic carbocycles. The summed E-state index contributed by atoms with van der Waals surface area (Å²) >= 11 is 7.91. The first-order valence-electron chi connectivity index (χ1n) is 20.9. The van der Waals surface area contributed by atoms with E-state index in [1.54, 1.807) is 23.5 Å². The maximum atomic E-state index is 13.5. The van der Waals surface area contributed by atoms with E-state index in [0.717, 1.165) is 67.0 Å². The molecule has 2 aliphatic heterocycles. The number of amides is 2. The Balaban J connectivity index is 0.00000612. The number of nitrogens with zero attached hydrogens (tertiary/aromatic N) is 5. The molecule has 0 unspecified atom stereocenters. The maximum absolute atomic E-state index is 13.5. The molecule has 14 nitrogen and oxygen atoms in total. The third-order valence-corrected chi connectivity index (χ3v) is 12.3. The average Bonchev–Trinajstić information content (AvgIpc) is 3.91. The number of hydrogen-bond donors (Lipinski definition) is 3. The van der Waals surface area contributed by atoms with Crippen molar-refractivity contribution in [2.45, 2.75) is 46.6 Å². The third kappa shape index (κ3) is 11.0. The molecule has 1 atom stereocenters. The van der Waals surface area contributed by atoms with Crippen molar-refractivity contribution in [3.05, 3.63) is 128 Å². The number of fused-ring (bicyclic) bond motifs is 4. The van der Waals surface area contributed by atoms with E-state index in [4.69, 9.17) is 35.5 Å². The van der Waals surface area contributed by atoms with Crippen LogP contribution >= 0.6 is 36.4 Å². The molecule has 0 bridgehead atoms. The van der Waals surface area contributed by atoms with Crippen molar-refractivity contribution in [2.75, 3.05) is 68.7 Å². The Kier molecular flexibility index (Phi) is 15.5. The van der Waals surface area contributed by atoms with E-state index in [1.165, 1.54) is 4.88 Å². The van der Waals surface area contributed by atoms with Gasteiger partial charge in [-0.1, -0.05) is 29.8 Å². The van der Waals surface area contributed by atoms with Gasteiger partial charge in [-0.15, -0.1) is 21.5 Å². The first-order chi connectivity index (χ1) is 30.6. The lowest BCUT2D eigenvalue weighted by atomic mass is 9.99. The lowest BCUT2D eigenvalue weighted by molar-refractivity contribution is -0.117. The summed E-state index contributed by atoms with van der Waals surface area (Å²) in [5.41, 5.74) is 9.58. The number of thiophene rings is 1. The van der Waals surface area contributed by atoms with Crippen molar-refractivity contribution in [2.24, 2.45) is 4.99 Å². The number of benzene rings is 3. The van der Waals surface area contributed by atoms with E-state index >= 15 is 0 Å². The molecule has 0 aliphatic carbocycles. The molecule has 2 aliphatic rings. The van der Waals surface area contributed by atoms with Crippen molar-refractivity contribution < 1.29 is 28.5 Å². The molecule has 8 rings (SSSR count). The van der Waals surface area contributed by atoms with Crippen LogP contribution in [-0.4, -0.2) is 90.1 Å². The summed E-state index contributed by atoms with van der Waals surface area (Å²) in [5.74, 6) is 2.63. The minimum Gasteiger partial charge on any atom is -0.491 e.